The van der Waals surface area contributed by atoms with E-state index in [1.165, 1.54) is 45.3 Å². The van der Waals surface area contributed by atoms with E-state index in [4.69, 9.17) is 0 Å². The maximum absolute atomic E-state index is 3.51. The molecule has 1 atom stereocenters. The predicted octanol–water partition coefficient (Wildman–Crippen LogP) is 3.53. The average Bonchev–Trinajstić information content (AvgIpc) is 2.17. The molecule has 0 aromatic carbocycles. The first-order valence-corrected chi connectivity index (χ1v) is 7.13. The molecule has 1 rings (SSSR count). The Morgan fingerprint density at radius 1 is 1.29 bits per heavy atom. The number of hydrogen-bond acceptors (Lipinski definition) is 1. The Bertz CT molecular complexity index is 141. The minimum atomic E-state index is 0.883. The van der Waals surface area contributed by atoms with Gasteiger partial charge in [-0.3, -0.25) is 0 Å². The standard InChI is InChI=1S/C12H24BrN/c1-11(3-7-13)4-8-14-9-5-12(2)6-10-14/h11-12H,3-10H2,1-2H3. The van der Waals surface area contributed by atoms with Crippen LogP contribution in [0.1, 0.15) is 39.5 Å². The van der Waals surface area contributed by atoms with Crippen LogP contribution in [0.5, 0.6) is 0 Å². The molecule has 14 heavy (non-hydrogen) atoms. The van der Waals surface area contributed by atoms with E-state index in [0.29, 0.717) is 0 Å². The van der Waals surface area contributed by atoms with E-state index in [1.807, 2.05) is 0 Å². The zero-order valence-electron chi connectivity index (χ0n) is 9.64. The zero-order valence-corrected chi connectivity index (χ0v) is 11.2. The van der Waals surface area contributed by atoms with Gasteiger partial charge < -0.3 is 4.90 Å². The molecule has 1 nitrogen and oxygen atoms in total. The second-order valence-electron chi connectivity index (χ2n) is 4.90. The summed E-state index contributed by atoms with van der Waals surface area (Å²) in [6.07, 6.45) is 5.52. The molecule has 0 aliphatic carbocycles. The molecule has 1 aliphatic heterocycles. The Hall–Kier alpha value is 0.440. The Kier molecular flexibility index (Phi) is 6.11. The average molecular weight is 262 g/mol. The number of alkyl halides is 1. The molecule has 2 heteroatoms. The van der Waals surface area contributed by atoms with Crippen LogP contribution in [0.25, 0.3) is 0 Å². The number of rotatable bonds is 5. The SMILES string of the molecule is CC(CCBr)CCN1CCC(C)CC1. The smallest absolute Gasteiger partial charge is 0.00338 e. The Balaban J connectivity index is 2.06. The molecule has 1 fully saturated rings. The monoisotopic (exact) mass is 261 g/mol. The van der Waals surface area contributed by atoms with Gasteiger partial charge in [0.15, 0.2) is 0 Å². The van der Waals surface area contributed by atoms with E-state index >= 15 is 0 Å². The highest BCUT2D eigenvalue weighted by atomic mass is 79.9. The van der Waals surface area contributed by atoms with E-state index in [1.54, 1.807) is 0 Å². The molecule has 0 saturated carbocycles. The topological polar surface area (TPSA) is 3.24 Å². The van der Waals surface area contributed by atoms with Gasteiger partial charge in [-0.2, -0.15) is 0 Å². The maximum atomic E-state index is 3.51. The minimum Gasteiger partial charge on any atom is -0.303 e. The van der Waals surface area contributed by atoms with Gasteiger partial charge in [-0.25, -0.2) is 0 Å². The zero-order chi connectivity index (χ0) is 10.4. The van der Waals surface area contributed by atoms with Gasteiger partial charge in [-0.15, -0.1) is 0 Å². The summed E-state index contributed by atoms with van der Waals surface area (Å²) in [4.78, 5) is 2.64. The van der Waals surface area contributed by atoms with Crippen molar-refractivity contribution in [3.63, 3.8) is 0 Å². The van der Waals surface area contributed by atoms with Crippen LogP contribution in [0.2, 0.25) is 0 Å². The van der Waals surface area contributed by atoms with Crippen LogP contribution in [0, 0.1) is 11.8 Å². The molecule has 1 aliphatic rings. The summed E-state index contributed by atoms with van der Waals surface area (Å²) < 4.78 is 0. The summed E-state index contributed by atoms with van der Waals surface area (Å²) in [5.41, 5.74) is 0. The second kappa shape index (κ2) is 6.84. The maximum Gasteiger partial charge on any atom is 0.00338 e. The van der Waals surface area contributed by atoms with Crippen molar-refractivity contribution in [2.45, 2.75) is 39.5 Å². The lowest BCUT2D eigenvalue weighted by atomic mass is 9.98. The van der Waals surface area contributed by atoms with Crippen LogP contribution in [0.15, 0.2) is 0 Å². The van der Waals surface area contributed by atoms with Gasteiger partial charge in [0.25, 0.3) is 0 Å². The van der Waals surface area contributed by atoms with Crippen LogP contribution >= 0.6 is 15.9 Å². The van der Waals surface area contributed by atoms with Crippen molar-refractivity contribution >= 4 is 15.9 Å². The van der Waals surface area contributed by atoms with Crippen molar-refractivity contribution in [2.75, 3.05) is 25.0 Å². The lowest BCUT2D eigenvalue weighted by Gasteiger charge is -2.30. The molecule has 0 bridgehead atoms. The number of halogens is 1. The molecular weight excluding hydrogens is 238 g/mol. The van der Waals surface area contributed by atoms with Crippen LogP contribution < -0.4 is 0 Å². The molecule has 0 aromatic heterocycles. The third-order valence-electron chi connectivity index (χ3n) is 3.42. The van der Waals surface area contributed by atoms with Gasteiger partial charge in [0.1, 0.15) is 0 Å². The van der Waals surface area contributed by atoms with Gasteiger partial charge in [0, 0.05) is 5.33 Å². The third-order valence-corrected chi connectivity index (χ3v) is 3.87. The summed E-state index contributed by atoms with van der Waals surface area (Å²) in [5.74, 6) is 1.85. The summed E-state index contributed by atoms with van der Waals surface area (Å²) in [7, 11) is 0. The number of piperidine rings is 1. The Morgan fingerprint density at radius 3 is 2.50 bits per heavy atom. The fourth-order valence-corrected chi connectivity index (χ4v) is 2.80. The fourth-order valence-electron chi connectivity index (χ4n) is 2.02. The quantitative estimate of drug-likeness (QED) is 0.685. The Labute approximate surface area is 97.4 Å². The van der Waals surface area contributed by atoms with Crippen LogP contribution in [-0.2, 0) is 0 Å². The first-order valence-electron chi connectivity index (χ1n) is 6.00. The molecule has 0 aromatic rings. The van der Waals surface area contributed by atoms with Crippen molar-refractivity contribution in [1.29, 1.82) is 0 Å². The van der Waals surface area contributed by atoms with Gasteiger partial charge in [0.05, 0.1) is 0 Å². The number of likely N-dealkylation sites (tertiary alicyclic amines) is 1. The molecule has 0 N–H and O–H groups in total. The van der Waals surface area contributed by atoms with Crippen molar-refractivity contribution in [2.24, 2.45) is 11.8 Å². The normalized spacial score (nSPS) is 22.5. The van der Waals surface area contributed by atoms with E-state index in [-0.39, 0.29) is 0 Å². The Morgan fingerprint density at radius 2 is 1.93 bits per heavy atom. The summed E-state index contributed by atoms with van der Waals surface area (Å²) >= 11 is 3.51. The lowest BCUT2D eigenvalue weighted by molar-refractivity contribution is 0.182. The van der Waals surface area contributed by atoms with Crippen LogP contribution in [0.4, 0.5) is 0 Å². The van der Waals surface area contributed by atoms with E-state index < -0.39 is 0 Å². The summed E-state index contributed by atoms with van der Waals surface area (Å²) in [6.45, 7) is 8.74. The third kappa shape index (κ3) is 4.79. The van der Waals surface area contributed by atoms with Gasteiger partial charge in [-0.05, 0) is 57.2 Å². The lowest BCUT2D eigenvalue weighted by Crippen LogP contribution is -2.34. The van der Waals surface area contributed by atoms with Gasteiger partial charge >= 0.3 is 0 Å². The van der Waals surface area contributed by atoms with Crippen molar-refractivity contribution < 1.29 is 0 Å². The van der Waals surface area contributed by atoms with E-state index in [9.17, 15) is 0 Å². The van der Waals surface area contributed by atoms with Crippen molar-refractivity contribution in [1.82, 2.24) is 4.90 Å². The van der Waals surface area contributed by atoms with Crippen molar-refractivity contribution in [3.05, 3.63) is 0 Å². The molecule has 0 radical (unpaired) electrons. The second-order valence-corrected chi connectivity index (χ2v) is 5.69. The highest BCUT2D eigenvalue weighted by Crippen LogP contribution is 2.17. The molecule has 0 spiro atoms. The first kappa shape index (κ1) is 12.5. The number of nitrogens with zero attached hydrogens (tertiary/aromatic N) is 1. The van der Waals surface area contributed by atoms with Crippen molar-refractivity contribution in [3.8, 4) is 0 Å². The largest absolute Gasteiger partial charge is 0.303 e. The number of hydrogen-bond donors (Lipinski definition) is 0. The van der Waals surface area contributed by atoms with E-state index in [2.05, 4.69) is 34.7 Å². The molecule has 84 valence electrons. The van der Waals surface area contributed by atoms with Gasteiger partial charge in [-0.1, -0.05) is 29.8 Å². The summed E-state index contributed by atoms with van der Waals surface area (Å²) in [5, 5.41) is 1.16. The molecule has 0 amide bonds. The molecular formula is C12H24BrN. The van der Waals surface area contributed by atoms with Crippen LogP contribution in [-0.4, -0.2) is 29.9 Å². The minimum absolute atomic E-state index is 0.883. The molecule has 1 saturated heterocycles. The fraction of sp³-hybridized carbons (Fsp3) is 1.00. The molecule has 1 heterocycles. The highest BCUT2D eigenvalue weighted by molar-refractivity contribution is 9.09. The highest BCUT2D eigenvalue weighted by Gasteiger charge is 2.15. The predicted molar refractivity (Wildman–Crippen MR) is 67.0 cm³/mol. The van der Waals surface area contributed by atoms with E-state index in [0.717, 1.165) is 17.2 Å². The molecule has 1 unspecified atom stereocenters. The van der Waals surface area contributed by atoms with Gasteiger partial charge in [0.2, 0.25) is 0 Å². The summed E-state index contributed by atoms with van der Waals surface area (Å²) in [6, 6.07) is 0. The van der Waals surface area contributed by atoms with Crippen LogP contribution in [0.3, 0.4) is 0 Å². The first-order chi connectivity index (χ1) is 6.72.